The van der Waals surface area contributed by atoms with E-state index in [0.717, 1.165) is 31.9 Å². The lowest BCUT2D eigenvalue weighted by Crippen LogP contribution is -2.20. The smallest absolute Gasteiger partial charge is 0.133 e. The summed E-state index contributed by atoms with van der Waals surface area (Å²) in [7, 11) is 0. The third-order valence-electron chi connectivity index (χ3n) is 2.03. The van der Waals surface area contributed by atoms with E-state index in [-0.39, 0.29) is 0 Å². The highest BCUT2D eigenvalue weighted by molar-refractivity contribution is 6.30. The number of nitrogens with one attached hydrogen (secondary N) is 1. The van der Waals surface area contributed by atoms with Gasteiger partial charge in [0.15, 0.2) is 0 Å². The van der Waals surface area contributed by atoms with Gasteiger partial charge in [0.2, 0.25) is 0 Å². The first-order valence-corrected chi connectivity index (χ1v) is 5.96. The summed E-state index contributed by atoms with van der Waals surface area (Å²) in [5, 5.41) is 3.83. The Morgan fingerprint density at radius 2 is 2.31 bits per heavy atom. The Labute approximate surface area is 102 Å². The van der Waals surface area contributed by atoms with Crippen molar-refractivity contribution in [3.63, 3.8) is 0 Å². The molecule has 0 saturated carbocycles. The molecule has 0 aliphatic carbocycles. The molecule has 0 atom stereocenters. The highest BCUT2D eigenvalue weighted by atomic mass is 35.5. The maximum Gasteiger partial charge on any atom is 0.133 e. The Kier molecular flexibility index (Phi) is 6.38. The van der Waals surface area contributed by atoms with Gasteiger partial charge >= 0.3 is 0 Å². The summed E-state index contributed by atoms with van der Waals surface area (Å²) in [6.07, 6.45) is 1.69. The van der Waals surface area contributed by atoms with Crippen molar-refractivity contribution in [2.75, 3.05) is 19.8 Å². The second kappa shape index (κ2) is 7.60. The first kappa shape index (κ1) is 13.4. The Bertz CT molecular complexity index is 305. The number of rotatable bonds is 7. The Morgan fingerprint density at radius 1 is 1.50 bits per heavy atom. The van der Waals surface area contributed by atoms with Crippen LogP contribution in [0.4, 0.5) is 0 Å². The number of aromatic nitrogens is 1. The van der Waals surface area contributed by atoms with Gasteiger partial charge in [-0.15, -0.1) is 0 Å². The molecule has 0 aliphatic rings. The molecular weight excluding hydrogens is 224 g/mol. The lowest BCUT2D eigenvalue weighted by atomic mass is 10.2. The number of nitrogens with zero attached hydrogens (tertiary/aromatic N) is 1. The van der Waals surface area contributed by atoms with Crippen molar-refractivity contribution in [1.82, 2.24) is 10.3 Å². The normalized spacial score (nSPS) is 11.0. The van der Waals surface area contributed by atoms with Crippen LogP contribution in [-0.2, 0) is 11.3 Å². The van der Waals surface area contributed by atoms with Crippen molar-refractivity contribution in [3.8, 4) is 0 Å². The Hall–Kier alpha value is -0.640. The van der Waals surface area contributed by atoms with Gasteiger partial charge in [-0.2, -0.15) is 0 Å². The zero-order valence-corrected chi connectivity index (χ0v) is 10.6. The first-order valence-electron chi connectivity index (χ1n) is 5.58. The van der Waals surface area contributed by atoms with E-state index >= 15 is 0 Å². The molecular formula is C12H19ClN2O. The fourth-order valence-electron chi connectivity index (χ4n) is 1.24. The SMILES string of the molecule is CC(C)COCCNCc1cccnc1Cl. The molecule has 0 spiro atoms. The third kappa shape index (κ3) is 5.45. The number of halogens is 1. The summed E-state index contributed by atoms with van der Waals surface area (Å²) in [4.78, 5) is 4.01. The molecule has 0 aromatic carbocycles. The van der Waals surface area contributed by atoms with Crippen molar-refractivity contribution in [2.24, 2.45) is 5.92 Å². The second-order valence-electron chi connectivity index (χ2n) is 4.10. The van der Waals surface area contributed by atoms with Crippen LogP contribution < -0.4 is 5.32 Å². The summed E-state index contributed by atoms with van der Waals surface area (Å²) in [6, 6.07) is 3.86. The van der Waals surface area contributed by atoms with Gasteiger partial charge in [-0.25, -0.2) is 4.98 Å². The minimum Gasteiger partial charge on any atom is -0.380 e. The molecule has 1 aromatic heterocycles. The first-order chi connectivity index (χ1) is 7.70. The molecule has 1 heterocycles. The highest BCUT2D eigenvalue weighted by Crippen LogP contribution is 2.10. The summed E-state index contributed by atoms with van der Waals surface area (Å²) in [5.74, 6) is 0.591. The largest absolute Gasteiger partial charge is 0.380 e. The maximum atomic E-state index is 5.92. The molecule has 1 N–H and O–H groups in total. The highest BCUT2D eigenvalue weighted by Gasteiger charge is 1.99. The van der Waals surface area contributed by atoms with E-state index in [9.17, 15) is 0 Å². The van der Waals surface area contributed by atoms with Crippen LogP contribution in [0.15, 0.2) is 18.3 Å². The number of pyridine rings is 1. The molecule has 1 rings (SSSR count). The van der Waals surface area contributed by atoms with Gasteiger partial charge in [-0.1, -0.05) is 31.5 Å². The standard InChI is InChI=1S/C12H19ClN2O/c1-10(2)9-16-7-6-14-8-11-4-3-5-15-12(11)13/h3-5,10,14H,6-9H2,1-2H3. The van der Waals surface area contributed by atoms with Crippen molar-refractivity contribution < 1.29 is 4.74 Å². The van der Waals surface area contributed by atoms with Gasteiger partial charge in [0, 0.05) is 31.5 Å². The minimum absolute atomic E-state index is 0.568. The molecule has 0 bridgehead atoms. The van der Waals surface area contributed by atoms with Gasteiger partial charge in [0.1, 0.15) is 5.15 Å². The topological polar surface area (TPSA) is 34.1 Å². The molecule has 0 fully saturated rings. The lowest BCUT2D eigenvalue weighted by molar-refractivity contribution is 0.111. The van der Waals surface area contributed by atoms with Crippen LogP contribution in [0.1, 0.15) is 19.4 Å². The predicted octanol–water partition coefficient (Wildman–Crippen LogP) is 2.50. The van der Waals surface area contributed by atoms with Crippen LogP contribution >= 0.6 is 11.6 Å². The quantitative estimate of drug-likeness (QED) is 0.589. The van der Waals surface area contributed by atoms with Crippen LogP contribution in [0, 0.1) is 5.92 Å². The maximum absolute atomic E-state index is 5.92. The van der Waals surface area contributed by atoms with Crippen LogP contribution in [0.25, 0.3) is 0 Å². The fraction of sp³-hybridized carbons (Fsp3) is 0.583. The van der Waals surface area contributed by atoms with Crippen LogP contribution in [0.5, 0.6) is 0 Å². The number of hydrogen-bond acceptors (Lipinski definition) is 3. The summed E-state index contributed by atoms with van der Waals surface area (Å²) in [6.45, 7) is 7.40. The molecule has 90 valence electrons. The average Bonchev–Trinajstić information content (AvgIpc) is 2.25. The van der Waals surface area contributed by atoms with E-state index < -0.39 is 0 Å². The van der Waals surface area contributed by atoms with E-state index in [2.05, 4.69) is 24.1 Å². The molecule has 16 heavy (non-hydrogen) atoms. The summed E-state index contributed by atoms with van der Waals surface area (Å²) >= 11 is 5.92. The number of ether oxygens (including phenoxy) is 1. The molecule has 3 nitrogen and oxygen atoms in total. The van der Waals surface area contributed by atoms with E-state index in [0.29, 0.717) is 11.1 Å². The van der Waals surface area contributed by atoms with Crippen molar-refractivity contribution in [2.45, 2.75) is 20.4 Å². The van der Waals surface area contributed by atoms with E-state index in [4.69, 9.17) is 16.3 Å². The third-order valence-corrected chi connectivity index (χ3v) is 2.37. The Morgan fingerprint density at radius 3 is 3.00 bits per heavy atom. The molecule has 4 heteroatoms. The van der Waals surface area contributed by atoms with E-state index in [1.54, 1.807) is 6.20 Å². The average molecular weight is 243 g/mol. The minimum atomic E-state index is 0.568. The van der Waals surface area contributed by atoms with Crippen molar-refractivity contribution in [1.29, 1.82) is 0 Å². The van der Waals surface area contributed by atoms with E-state index in [1.807, 2.05) is 12.1 Å². The van der Waals surface area contributed by atoms with Gasteiger partial charge < -0.3 is 10.1 Å². The molecule has 0 saturated heterocycles. The molecule has 1 aromatic rings. The second-order valence-corrected chi connectivity index (χ2v) is 4.46. The van der Waals surface area contributed by atoms with Gasteiger partial charge in [-0.05, 0) is 12.0 Å². The molecule has 0 amide bonds. The molecule has 0 radical (unpaired) electrons. The zero-order chi connectivity index (χ0) is 11.8. The summed E-state index contributed by atoms with van der Waals surface area (Å²) < 4.78 is 5.45. The van der Waals surface area contributed by atoms with Gasteiger partial charge in [0.25, 0.3) is 0 Å². The van der Waals surface area contributed by atoms with E-state index in [1.165, 1.54) is 0 Å². The van der Waals surface area contributed by atoms with Crippen LogP contribution in [-0.4, -0.2) is 24.7 Å². The van der Waals surface area contributed by atoms with Crippen molar-refractivity contribution in [3.05, 3.63) is 29.0 Å². The molecule has 0 aliphatic heterocycles. The Balaban J connectivity index is 2.10. The summed E-state index contributed by atoms with van der Waals surface area (Å²) in [5.41, 5.74) is 1.02. The predicted molar refractivity (Wildman–Crippen MR) is 66.6 cm³/mol. The van der Waals surface area contributed by atoms with Gasteiger partial charge in [-0.3, -0.25) is 0 Å². The van der Waals surface area contributed by atoms with Gasteiger partial charge in [0.05, 0.1) is 6.61 Å². The van der Waals surface area contributed by atoms with Crippen LogP contribution in [0.2, 0.25) is 5.15 Å². The monoisotopic (exact) mass is 242 g/mol. The lowest BCUT2D eigenvalue weighted by Gasteiger charge is -2.08. The fourth-order valence-corrected chi connectivity index (χ4v) is 1.42. The van der Waals surface area contributed by atoms with Crippen molar-refractivity contribution >= 4 is 11.6 Å². The van der Waals surface area contributed by atoms with Crippen LogP contribution in [0.3, 0.4) is 0 Å². The zero-order valence-electron chi connectivity index (χ0n) is 9.87. The molecule has 0 unspecified atom stereocenters. The number of hydrogen-bond donors (Lipinski definition) is 1.